The van der Waals surface area contributed by atoms with Crippen LogP contribution in [0.1, 0.15) is 52.4 Å². The van der Waals surface area contributed by atoms with Gasteiger partial charge in [0.15, 0.2) is 5.78 Å². The molecule has 0 aliphatic heterocycles. The number of fused-ring (bicyclic) bond motifs is 5. The van der Waals surface area contributed by atoms with Gasteiger partial charge in [-0.05, 0) is 66.8 Å². The van der Waals surface area contributed by atoms with Crippen molar-refractivity contribution in [2.45, 2.75) is 52.4 Å². The van der Waals surface area contributed by atoms with Crippen molar-refractivity contribution in [1.82, 2.24) is 0 Å². The van der Waals surface area contributed by atoms with E-state index in [-0.39, 0.29) is 16.7 Å². The summed E-state index contributed by atoms with van der Waals surface area (Å²) in [4.78, 5) is 22.7. The highest BCUT2D eigenvalue weighted by atomic mass is 16.1. The Labute approximate surface area is 138 Å². The molecule has 0 radical (unpaired) electrons. The summed E-state index contributed by atoms with van der Waals surface area (Å²) in [6.07, 6.45) is 14.8. The van der Waals surface area contributed by atoms with Crippen LogP contribution in [-0.2, 0) is 9.59 Å². The van der Waals surface area contributed by atoms with Crippen LogP contribution >= 0.6 is 0 Å². The van der Waals surface area contributed by atoms with Crippen molar-refractivity contribution in [2.75, 3.05) is 0 Å². The normalized spacial score (nSPS) is 47.9. The summed E-state index contributed by atoms with van der Waals surface area (Å²) in [5, 5.41) is 0. The molecule has 0 unspecified atom stereocenters. The molecule has 4 rings (SSSR count). The zero-order valence-corrected chi connectivity index (χ0v) is 14.2. The summed E-state index contributed by atoms with van der Waals surface area (Å²) in [5.74, 6) is 4.57. The van der Waals surface area contributed by atoms with E-state index < -0.39 is 0 Å². The van der Waals surface area contributed by atoms with E-state index in [4.69, 9.17) is 0 Å². The van der Waals surface area contributed by atoms with Gasteiger partial charge < -0.3 is 0 Å². The Balaban J connectivity index is 1.68. The van der Waals surface area contributed by atoms with Crippen LogP contribution in [0, 0.1) is 34.5 Å². The van der Waals surface area contributed by atoms with Gasteiger partial charge in [0.05, 0.1) is 0 Å². The minimum Gasteiger partial charge on any atom is -0.295 e. The monoisotopic (exact) mass is 310 g/mol. The van der Waals surface area contributed by atoms with Crippen LogP contribution in [0.5, 0.6) is 0 Å². The lowest BCUT2D eigenvalue weighted by molar-refractivity contribution is -0.117. The van der Waals surface area contributed by atoms with Crippen LogP contribution in [0.15, 0.2) is 29.9 Å². The average molecular weight is 310 g/mol. The van der Waals surface area contributed by atoms with E-state index in [0.717, 1.165) is 19.3 Å². The summed E-state index contributed by atoms with van der Waals surface area (Å²) in [6.45, 7) is 4.77. The molecule has 0 aromatic carbocycles. The molecular formula is C21H26O2. The molecule has 2 fully saturated rings. The zero-order chi connectivity index (χ0) is 16.2. The molecule has 0 saturated heterocycles. The Bertz CT molecular complexity index is 651. The van der Waals surface area contributed by atoms with E-state index in [9.17, 15) is 9.59 Å². The smallest absolute Gasteiger partial charge is 0.155 e. The molecule has 2 nitrogen and oxygen atoms in total. The highest BCUT2D eigenvalue weighted by molar-refractivity contribution is 5.91. The van der Waals surface area contributed by atoms with Crippen molar-refractivity contribution in [3.05, 3.63) is 29.9 Å². The largest absolute Gasteiger partial charge is 0.295 e. The summed E-state index contributed by atoms with van der Waals surface area (Å²) in [6, 6.07) is 0. The minimum absolute atomic E-state index is 0.195. The molecule has 2 saturated carbocycles. The Kier molecular flexibility index (Phi) is 3.32. The van der Waals surface area contributed by atoms with Crippen LogP contribution in [0.4, 0.5) is 0 Å². The maximum absolute atomic E-state index is 11.8. The topological polar surface area (TPSA) is 34.1 Å². The number of rotatable bonds is 1. The van der Waals surface area contributed by atoms with Crippen molar-refractivity contribution in [3.63, 3.8) is 0 Å². The second kappa shape index (κ2) is 5.05. The quantitative estimate of drug-likeness (QED) is 0.534. The van der Waals surface area contributed by atoms with Gasteiger partial charge in [-0.15, -0.1) is 0 Å². The molecule has 6 atom stereocenters. The molecule has 0 bridgehead atoms. The Hall–Kier alpha value is -1.40. The number of carbonyl (C=O) groups is 1. The van der Waals surface area contributed by atoms with E-state index in [1.807, 2.05) is 12.0 Å². The lowest BCUT2D eigenvalue weighted by Crippen LogP contribution is -2.50. The molecule has 0 amide bonds. The molecule has 2 heteroatoms. The van der Waals surface area contributed by atoms with Crippen LogP contribution < -0.4 is 0 Å². The second-order valence-corrected chi connectivity index (χ2v) is 8.63. The molecule has 4 aliphatic carbocycles. The van der Waals surface area contributed by atoms with Crippen molar-refractivity contribution >= 4 is 11.7 Å². The van der Waals surface area contributed by atoms with Crippen LogP contribution in [0.3, 0.4) is 0 Å². The molecule has 0 aromatic heterocycles. The van der Waals surface area contributed by atoms with Crippen molar-refractivity contribution in [3.8, 4) is 0 Å². The van der Waals surface area contributed by atoms with Crippen LogP contribution in [0.2, 0.25) is 0 Å². The van der Waals surface area contributed by atoms with Gasteiger partial charge in [-0.2, -0.15) is 0 Å². The van der Waals surface area contributed by atoms with E-state index in [0.29, 0.717) is 23.5 Å². The molecule has 0 heterocycles. The Morgan fingerprint density at radius 2 is 2.00 bits per heavy atom. The summed E-state index contributed by atoms with van der Waals surface area (Å²) < 4.78 is 0. The average Bonchev–Trinajstić information content (AvgIpc) is 2.85. The number of carbonyl (C=O) groups excluding carboxylic acids is 2. The number of hydrogen-bond acceptors (Lipinski definition) is 2. The fourth-order valence-electron chi connectivity index (χ4n) is 6.37. The maximum atomic E-state index is 11.8. The summed E-state index contributed by atoms with van der Waals surface area (Å²) in [5.41, 5.74) is 1.84. The van der Waals surface area contributed by atoms with E-state index in [1.54, 1.807) is 6.08 Å². The first-order valence-electron chi connectivity index (χ1n) is 9.12. The molecule has 0 spiro atoms. The molecule has 0 aromatic rings. The Morgan fingerprint density at radius 3 is 2.78 bits per heavy atom. The number of allylic oxidation sites excluding steroid dienone is 5. The predicted molar refractivity (Wildman–Crippen MR) is 90.4 cm³/mol. The minimum atomic E-state index is 0.195. The molecule has 4 aliphatic rings. The van der Waals surface area contributed by atoms with Gasteiger partial charge in [0.1, 0.15) is 5.94 Å². The highest BCUT2D eigenvalue weighted by Crippen LogP contribution is 2.64. The lowest BCUT2D eigenvalue weighted by atomic mass is 9.46. The van der Waals surface area contributed by atoms with E-state index >= 15 is 0 Å². The lowest BCUT2D eigenvalue weighted by Gasteiger charge is -2.57. The van der Waals surface area contributed by atoms with Crippen LogP contribution in [-0.4, -0.2) is 11.7 Å². The molecule has 0 N–H and O–H groups in total. The maximum Gasteiger partial charge on any atom is 0.155 e. The van der Waals surface area contributed by atoms with Gasteiger partial charge in [-0.1, -0.05) is 31.6 Å². The van der Waals surface area contributed by atoms with E-state index in [2.05, 4.69) is 26.0 Å². The summed E-state index contributed by atoms with van der Waals surface area (Å²) in [7, 11) is 0. The van der Waals surface area contributed by atoms with Gasteiger partial charge in [-0.25, -0.2) is 4.79 Å². The fourth-order valence-corrected chi connectivity index (χ4v) is 6.37. The fraction of sp³-hybridized carbons (Fsp3) is 0.667. The molecule has 122 valence electrons. The third kappa shape index (κ3) is 2.01. The summed E-state index contributed by atoms with van der Waals surface area (Å²) >= 11 is 0. The zero-order valence-electron chi connectivity index (χ0n) is 14.2. The number of ketones is 1. The Morgan fingerprint density at radius 1 is 1.17 bits per heavy atom. The first-order chi connectivity index (χ1) is 11.0. The molecule has 23 heavy (non-hydrogen) atoms. The first-order valence-corrected chi connectivity index (χ1v) is 9.12. The van der Waals surface area contributed by atoms with Gasteiger partial charge in [0.25, 0.3) is 0 Å². The van der Waals surface area contributed by atoms with E-state index in [1.165, 1.54) is 24.8 Å². The highest BCUT2D eigenvalue weighted by Gasteiger charge is 2.57. The van der Waals surface area contributed by atoms with Crippen LogP contribution in [0.25, 0.3) is 0 Å². The third-order valence-electron chi connectivity index (χ3n) is 7.79. The standard InChI is InChI=1S/C21H26O2/c1-20-11-8-19-17(18(20)6-4-14(20)9-12-22)5-3-15-13-16(23)7-10-21(15,19)2/h4,6,9,13-14,17-19H,3,5,7-8,10-11H2,1-2H3/t14-,17-,18-,19-,20+,21-/m0/s1. The number of hydrogen-bond donors (Lipinski definition) is 0. The molecular weight excluding hydrogens is 284 g/mol. The van der Waals surface area contributed by atoms with Gasteiger partial charge >= 0.3 is 0 Å². The first kappa shape index (κ1) is 15.1. The van der Waals surface area contributed by atoms with Crippen molar-refractivity contribution in [1.29, 1.82) is 0 Å². The van der Waals surface area contributed by atoms with Gasteiger partial charge in [0.2, 0.25) is 0 Å². The van der Waals surface area contributed by atoms with Gasteiger partial charge in [-0.3, -0.25) is 4.79 Å². The second-order valence-electron chi connectivity index (χ2n) is 8.63. The van der Waals surface area contributed by atoms with Crippen molar-refractivity contribution in [2.24, 2.45) is 34.5 Å². The SMILES string of the molecule is C[C@]12CC[C@H]3[C@@H](CCC4=CC(=O)CC[C@@]43C)[C@@H]1C=C[C@H]2C=C=O. The van der Waals surface area contributed by atoms with Crippen molar-refractivity contribution < 1.29 is 9.59 Å². The predicted octanol–water partition coefficient (Wildman–Crippen LogP) is 4.30. The van der Waals surface area contributed by atoms with Gasteiger partial charge in [0, 0.05) is 18.4 Å². The third-order valence-corrected chi connectivity index (χ3v) is 7.79.